The molecule has 3 nitrogen and oxygen atoms in total. The van der Waals surface area contributed by atoms with Crippen LogP contribution < -0.4 is 0 Å². The van der Waals surface area contributed by atoms with Crippen LogP contribution in [0.25, 0.3) is 0 Å². The smallest absolute Gasteiger partial charge is 0.228 e. The van der Waals surface area contributed by atoms with Crippen LogP contribution in [0.3, 0.4) is 0 Å². The highest BCUT2D eigenvalue weighted by atomic mass is 16.3. The van der Waals surface area contributed by atoms with E-state index in [2.05, 4.69) is 12.1 Å². The van der Waals surface area contributed by atoms with Gasteiger partial charge in [0.05, 0.1) is 11.5 Å². The zero-order valence-corrected chi connectivity index (χ0v) is 11.2. The molecule has 0 radical (unpaired) electrons. The molecule has 102 valence electrons. The first-order valence-electron chi connectivity index (χ1n) is 7.24. The van der Waals surface area contributed by atoms with Gasteiger partial charge in [-0.3, -0.25) is 4.79 Å². The molecule has 3 rings (SSSR count). The van der Waals surface area contributed by atoms with Crippen LogP contribution in [0.2, 0.25) is 0 Å². The molecule has 2 fully saturated rings. The Morgan fingerprint density at radius 2 is 1.95 bits per heavy atom. The average molecular weight is 259 g/mol. The van der Waals surface area contributed by atoms with Crippen LogP contribution in [0, 0.1) is 5.92 Å². The number of carbonyl (C=O) groups is 1. The number of aliphatic hydroxyl groups is 1. The van der Waals surface area contributed by atoms with Gasteiger partial charge in [0, 0.05) is 13.1 Å². The molecule has 3 heteroatoms. The summed E-state index contributed by atoms with van der Waals surface area (Å²) in [6.45, 7) is 1.49. The van der Waals surface area contributed by atoms with Crippen LogP contribution in [0.1, 0.15) is 37.7 Å². The topological polar surface area (TPSA) is 40.5 Å². The molecule has 1 heterocycles. The summed E-state index contributed by atoms with van der Waals surface area (Å²) in [6.07, 6.45) is 4.50. The number of hydrogen-bond acceptors (Lipinski definition) is 2. The van der Waals surface area contributed by atoms with Gasteiger partial charge in [0.25, 0.3) is 0 Å². The number of hydrogen-bond donors (Lipinski definition) is 1. The van der Waals surface area contributed by atoms with Gasteiger partial charge < -0.3 is 10.0 Å². The number of likely N-dealkylation sites (tertiary alicyclic amines) is 1. The second-order valence-electron chi connectivity index (χ2n) is 5.90. The fraction of sp³-hybridized carbons (Fsp3) is 0.562. The lowest BCUT2D eigenvalue weighted by molar-refractivity contribution is -0.159. The van der Waals surface area contributed by atoms with Gasteiger partial charge in [0.1, 0.15) is 0 Å². The van der Waals surface area contributed by atoms with Crippen molar-refractivity contribution in [3.63, 3.8) is 0 Å². The van der Waals surface area contributed by atoms with E-state index in [4.69, 9.17) is 0 Å². The van der Waals surface area contributed by atoms with Crippen LogP contribution >= 0.6 is 0 Å². The summed E-state index contributed by atoms with van der Waals surface area (Å²) in [7, 11) is 0. The second-order valence-corrected chi connectivity index (χ2v) is 5.90. The molecular formula is C16H21NO2. The predicted octanol–water partition coefficient (Wildman–Crippen LogP) is 2.34. The molecule has 19 heavy (non-hydrogen) atoms. The third-order valence-corrected chi connectivity index (χ3v) is 4.61. The molecule has 1 N–H and O–H groups in total. The molecule has 1 saturated heterocycles. The molecule has 1 saturated carbocycles. The van der Waals surface area contributed by atoms with Crippen molar-refractivity contribution >= 4 is 5.91 Å². The fourth-order valence-electron chi connectivity index (χ4n) is 3.29. The zero-order valence-electron chi connectivity index (χ0n) is 11.2. The fourth-order valence-corrected chi connectivity index (χ4v) is 3.29. The Hall–Kier alpha value is -1.35. The van der Waals surface area contributed by atoms with E-state index in [-0.39, 0.29) is 11.8 Å². The molecule has 1 unspecified atom stereocenters. The summed E-state index contributed by atoms with van der Waals surface area (Å²) in [5.41, 5.74) is 0.462. The quantitative estimate of drug-likeness (QED) is 0.905. The van der Waals surface area contributed by atoms with Gasteiger partial charge >= 0.3 is 0 Å². The summed E-state index contributed by atoms with van der Waals surface area (Å²) in [5.74, 6) is -0.0176. The van der Waals surface area contributed by atoms with Crippen molar-refractivity contribution in [2.45, 2.75) is 44.2 Å². The van der Waals surface area contributed by atoms with Gasteiger partial charge in [-0.15, -0.1) is 0 Å². The average Bonchev–Trinajstić information content (AvgIpc) is 2.40. The number of piperidine rings is 1. The first-order valence-corrected chi connectivity index (χ1v) is 7.24. The highest BCUT2D eigenvalue weighted by Crippen LogP contribution is 2.42. The molecule has 1 aromatic rings. The molecule has 1 aromatic carbocycles. The van der Waals surface area contributed by atoms with Gasteiger partial charge in [-0.05, 0) is 37.7 Å². The number of amides is 1. The van der Waals surface area contributed by atoms with Crippen molar-refractivity contribution in [2.24, 2.45) is 5.92 Å². The van der Waals surface area contributed by atoms with Crippen molar-refractivity contribution in [1.29, 1.82) is 0 Å². The maximum absolute atomic E-state index is 12.5. The minimum atomic E-state index is -0.702. The third kappa shape index (κ3) is 2.39. The normalized spacial score (nSPS) is 26.1. The number of carbonyl (C=O) groups excluding carboxylic acids is 1. The number of benzene rings is 1. The number of nitrogens with zero attached hydrogens (tertiary/aromatic N) is 1. The van der Waals surface area contributed by atoms with Crippen molar-refractivity contribution < 1.29 is 9.90 Å². The summed E-state index contributed by atoms with van der Waals surface area (Å²) < 4.78 is 0. The van der Waals surface area contributed by atoms with Crippen molar-refractivity contribution in [3.05, 3.63) is 35.9 Å². The maximum atomic E-state index is 12.5. The molecular weight excluding hydrogens is 238 g/mol. The van der Waals surface area contributed by atoms with Gasteiger partial charge in [0.2, 0.25) is 5.91 Å². The highest BCUT2D eigenvalue weighted by molar-refractivity contribution is 5.81. The van der Waals surface area contributed by atoms with E-state index in [0.717, 1.165) is 44.2 Å². The van der Waals surface area contributed by atoms with E-state index in [0.29, 0.717) is 6.54 Å². The largest absolute Gasteiger partial charge is 0.389 e. The minimum Gasteiger partial charge on any atom is -0.389 e. The minimum absolute atomic E-state index is 0.150. The van der Waals surface area contributed by atoms with Gasteiger partial charge in [-0.2, -0.15) is 0 Å². The van der Waals surface area contributed by atoms with Crippen LogP contribution in [0.15, 0.2) is 30.3 Å². The van der Waals surface area contributed by atoms with E-state index < -0.39 is 5.60 Å². The predicted molar refractivity (Wildman–Crippen MR) is 73.4 cm³/mol. The Bertz CT molecular complexity index is 453. The van der Waals surface area contributed by atoms with E-state index in [1.807, 2.05) is 23.1 Å². The van der Waals surface area contributed by atoms with Crippen LogP contribution in [-0.4, -0.2) is 28.1 Å². The number of rotatable bonds is 3. The first-order chi connectivity index (χ1) is 9.19. The van der Waals surface area contributed by atoms with Crippen LogP contribution in [0.4, 0.5) is 0 Å². The Morgan fingerprint density at radius 1 is 1.21 bits per heavy atom. The zero-order chi connectivity index (χ0) is 13.3. The molecule has 0 bridgehead atoms. The Labute approximate surface area is 114 Å². The van der Waals surface area contributed by atoms with Crippen molar-refractivity contribution in [2.75, 3.05) is 6.54 Å². The van der Waals surface area contributed by atoms with Crippen molar-refractivity contribution in [1.82, 2.24) is 4.90 Å². The van der Waals surface area contributed by atoms with E-state index in [9.17, 15) is 9.90 Å². The molecule has 1 amide bonds. The van der Waals surface area contributed by atoms with Gasteiger partial charge in [-0.25, -0.2) is 0 Å². The lowest BCUT2D eigenvalue weighted by Crippen LogP contribution is -2.54. The van der Waals surface area contributed by atoms with E-state index >= 15 is 0 Å². The van der Waals surface area contributed by atoms with E-state index in [1.165, 1.54) is 0 Å². The molecule has 1 aliphatic heterocycles. The molecule has 0 aromatic heterocycles. The lowest BCUT2D eigenvalue weighted by Gasteiger charge is -2.46. The van der Waals surface area contributed by atoms with Crippen LogP contribution in [0.5, 0.6) is 0 Å². The summed E-state index contributed by atoms with van der Waals surface area (Å²) in [5, 5.41) is 10.4. The third-order valence-electron chi connectivity index (χ3n) is 4.61. The Balaban J connectivity index is 1.71. The molecule has 0 spiro atoms. The first kappa shape index (κ1) is 12.7. The summed E-state index contributed by atoms with van der Waals surface area (Å²) >= 11 is 0. The monoisotopic (exact) mass is 259 g/mol. The van der Waals surface area contributed by atoms with Crippen LogP contribution in [-0.2, 0) is 11.3 Å². The second kappa shape index (κ2) is 4.97. The Morgan fingerprint density at radius 3 is 2.58 bits per heavy atom. The van der Waals surface area contributed by atoms with Gasteiger partial charge in [-0.1, -0.05) is 30.3 Å². The molecule has 2 aliphatic rings. The molecule has 1 atom stereocenters. The lowest BCUT2D eigenvalue weighted by atomic mass is 9.68. The highest BCUT2D eigenvalue weighted by Gasteiger charge is 2.48. The van der Waals surface area contributed by atoms with Crippen molar-refractivity contribution in [3.8, 4) is 0 Å². The van der Waals surface area contributed by atoms with E-state index in [1.54, 1.807) is 0 Å². The molecule has 1 aliphatic carbocycles. The SMILES string of the molecule is O=C1C(C2(O)CCC2)CCCN1Cc1ccccc1. The Kier molecular flexibility index (Phi) is 3.31. The standard InChI is InChI=1S/C16H21NO2/c18-15-14(16(19)9-5-10-16)8-4-11-17(15)12-13-6-2-1-3-7-13/h1-3,6-7,14,19H,4-5,8-12H2. The summed E-state index contributed by atoms with van der Waals surface area (Å²) in [4.78, 5) is 14.5. The summed E-state index contributed by atoms with van der Waals surface area (Å²) in [6, 6.07) is 10.1. The maximum Gasteiger partial charge on any atom is 0.228 e. The van der Waals surface area contributed by atoms with Gasteiger partial charge in [0.15, 0.2) is 0 Å².